The minimum absolute atomic E-state index is 0.129. The summed E-state index contributed by atoms with van der Waals surface area (Å²) in [6, 6.07) is 7.59. The van der Waals surface area contributed by atoms with Gasteiger partial charge in [-0.05, 0) is 30.7 Å². The first-order valence-electron chi connectivity index (χ1n) is 5.77. The lowest BCUT2D eigenvalue weighted by Crippen LogP contribution is -2.52. The minimum Gasteiger partial charge on any atom is -0.487 e. The number of halogens is 1. The summed E-state index contributed by atoms with van der Waals surface area (Å²) >= 11 is 3.36. The molecule has 0 saturated heterocycles. The van der Waals surface area contributed by atoms with Gasteiger partial charge in [0.2, 0.25) is 0 Å². The zero-order valence-electron chi connectivity index (χ0n) is 9.69. The summed E-state index contributed by atoms with van der Waals surface area (Å²) < 4.78 is 12.2. The summed E-state index contributed by atoms with van der Waals surface area (Å²) in [7, 11) is 0. The molecule has 2 unspecified atom stereocenters. The van der Waals surface area contributed by atoms with Crippen molar-refractivity contribution in [2.24, 2.45) is 0 Å². The maximum atomic E-state index is 11.4. The lowest BCUT2D eigenvalue weighted by Gasteiger charge is -2.34. The summed E-state index contributed by atoms with van der Waals surface area (Å²) in [5, 5.41) is 0. The van der Waals surface area contributed by atoms with Crippen LogP contribution in [-0.2, 0) is 9.53 Å². The van der Waals surface area contributed by atoms with Crippen LogP contribution in [0.5, 0.6) is 5.75 Å². The molecule has 92 valence electrons. The van der Waals surface area contributed by atoms with Crippen molar-refractivity contribution in [2.45, 2.75) is 32.0 Å². The number of ether oxygens (including phenoxy) is 2. The molecule has 0 amide bonds. The molecule has 0 heterocycles. The van der Waals surface area contributed by atoms with Crippen LogP contribution in [0.2, 0.25) is 0 Å². The van der Waals surface area contributed by atoms with Crippen molar-refractivity contribution >= 4 is 21.7 Å². The number of benzene rings is 1. The van der Waals surface area contributed by atoms with E-state index in [9.17, 15) is 4.79 Å². The second-order valence-electron chi connectivity index (χ2n) is 4.07. The molecule has 0 aromatic heterocycles. The Bertz CT molecular complexity index is 388. The van der Waals surface area contributed by atoms with Crippen LogP contribution in [0.4, 0.5) is 0 Å². The number of hydrogen-bond acceptors (Lipinski definition) is 3. The van der Waals surface area contributed by atoms with Gasteiger partial charge in [-0.1, -0.05) is 22.9 Å². The highest BCUT2D eigenvalue weighted by molar-refractivity contribution is 9.10. The first-order chi connectivity index (χ1) is 8.20. The summed E-state index contributed by atoms with van der Waals surface area (Å²) in [6.45, 7) is 2.63. The van der Waals surface area contributed by atoms with Gasteiger partial charge in [0, 0.05) is 17.5 Å². The van der Waals surface area contributed by atoms with Crippen LogP contribution in [0.3, 0.4) is 0 Å². The number of Topliss-reactive ketones (excluding diaryl/α,β-unsaturated/α-hetero) is 1. The van der Waals surface area contributed by atoms with Crippen molar-refractivity contribution in [3.63, 3.8) is 0 Å². The van der Waals surface area contributed by atoms with Crippen molar-refractivity contribution in [1.29, 1.82) is 0 Å². The normalized spacial score (nSPS) is 23.3. The first-order valence-corrected chi connectivity index (χ1v) is 6.56. The third-order valence-corrected chi connectivity index (χ3v) is 3.19. The van der Waals surface area contributed by atoms with Gasteiger partial charge in [0.1, 0.15) is 11.9 Å². The van der Waals surface area contributed by atoms with Crippen LogP contribution in [0.25, 0.3) is 0 Å². The predicted octanol–water partition coefficient (Wildman–Crippen LogP) is 2.96. The molecular formula is C13H15BrO3. The molecule has 1 aromatic rings. The predicted molar refractivity (Wildman–Crippen MR) is 68.2 cm³/mol. The van der Waals surface area contributed by atoms with Crippen molar-refractivity contribution in [1.82, 2.24) is 0 Å². The van der Waals surface area contributed by atoms with E-state index >= 15 is 0 Å². The van der Waals surface area contributed by atoms with Gasteiger partial charge in [0.25, 0.3) is 0 Å². The molecule has 2 atom stereocenters. The molecule has 3 nitrogen and oxygen atoms in total. The van der Waals surface area contributed by atoms with Crippen LogP contribution in [-0.4, -0.2) is 24.6 Å². The van der Waals surface area contributed by atoms with Crippen LogP contribution in [0.1, 0.15) is 19.8 Å². The average Bonchev–Trinajstić information content (AvgIpc) is 2.31. The smallest absolute Gasteiger partial charge is 0.169 e. The minimum atomic E-state index is -0.376. The van der Waals surface area contributed by atoms with E-state index in [-0.39, 0.29) is 18.0 Å². The van der Waals surface area contributed by atoms with Gasteiger partial charge in [-0.15, -0.1) is 0 Å². The van der Waals surface area contributed by atoms with E-state index in [4.69, 9.17) is 9.47 Å². The van der Waals surface area contributed by atoms with Gasteiger partial charge >= 0.3 is 0 Å². The SMILES string of the molecule is CCCOC1C(=O)CC1Oc1ccc(Br)cc1. The Balaban J connectivity index is 1.90. The molecule has 17 heavy (non-hydrogen) atoms. The Hall–Kier alpha value is -0.870. The standard InChI is InChI=1S/C13H15BrO3/c1-2-7-16-13-11(15)8-12(13)17-10-5-3-9(14)4-6-10/h3-6,12-13H,2,7-8H2,1H3. The van der Waals surface area contributed by atoms with E-state index < -0.39 is 0 Å². The van der Waals surface area contributed by atoms with Gasteiger partial charge in [0.05, 0.1) is 0 Å². The van der Waals surface area contributed by atoms with E-state index in [1.807, 2.05) is 31.2 Å². The Kier molecular flexibility index (Phi) is 4.18. The van der Waals surface area contributed by atoms with Gasteiger partial charge in [-0.25, -0.2) is 0 Å². The molecular weight excluding hydrogens is 284 g/mol. The topological polar surface area (TPSA) is 35.5 Å². The molecule has 0 spiro atoms. The zero-order valence-corrected chi connectivity index (χ0v) is 11.3. The largest absolute Gasteiger partial charge is 0.487 e. The highest BCUT2D eigenvalue weighted by Gasteiger charge is 2.42. The molecule has 1 aromatic carbocycles. The Labute approximate surface area is 109 Å². The summed E-state index contributed by atoms with van der Waals surface area (Å²) in [6.07, 6.45) is 0.855. The molecule has 0 radical (unpaired) electrons. The van der Waals surface area contributed by atoms with Gasteiger partial charge < -0.3 is 9.47 Å². The Morgan fingerprint density at radius 2 is 2.06 bits per heavy atom. The van der Waals surface area contributed by atoms with Gasteiger partial charge in [0.15, 0.2) is 11.9 Å². The highest BCUT2D eigenvalue weighted by Crippen LogP contribution is 2.26. The van der Waals surface area contributed by atoms with Crippen LogP contribution < -0.4 is 4.74 Å². The summed E-state index contributed by atoms with van der Waals surface area (Å²) in [4.78, 5) is 11.4. The van der Waals surface area contributed by atoms with Crippen molar-refractivity contribution in [2.75, 3.05) is 6.61 Å². The number of carbonyl (C=O) groups excluding carboxylic acids is 1. The zero-order chi connectivity index (χ0) is 12.3. The van der Waals surface area contributed by atoms with Crippen LogP contribution in [0.15, 0.2) is 28.7 Å². The number of carbonyl (C=O) groups is 1. The number of hydrogen-bond donors (Lipinski definition) is 0. The fraction of sp³-hybridized carbons (Fsp3) is 0.462. The Morgan fingerprint density at radius 3 is 2.65 bits per heavy atom. The molecule has 4 heteroatoms. The molecule has 1 aliphatic rings. The van der Waals surface area contributed by atoms with Crippen LogP contribution >= 0.6 is 15.9 Å². The van der Waals surface area contributed by atoms with Crippen molar-refractivity contribution in [3.8, 4) is 5.75 Å². The maximum Gasteiger partial charge on any atom is 0.169 e. The summed E-state index contributed by atoms with van der Waals surface area (Å²) in [5.74, 6) is 0.913. The number of ketones is 1. The molecule has 1 aliphatic carbocycles. The van der Waals surface area contributed by atoms with Crippen molar-refractivity contribution in [3.05, 3.63) is 28.7 Å². The van der Waals surface area contributed by atoms with E-state index in [1.165, 1.54) is 0 Å². The van der Waals surface area contributed by atoms with Gasteiger partial charge in [-0.3, -0.25) is 4.79 Å². The van der Waals surface area contributed by atoms with E-state index in [1.54, 1.807) is 0 Å². The lowest BCUT2D eigenvalue weighted by molar-refractivity contribution is -0.154. The molecule has 1 saturated carbocycles. The molecule has 0 aliphatic heterocycles. The first kappa shape index (κ1) is 12.6. The lowest BCUT2D eigenvalue weighted by atomic mass is 9.90. The second-order valence-corrected chi connectivity index (χ2v) is 4.99. The maximum absolute atomic E-state index is 11.4. The van der Waals surface area contributed by atoms with Crippen molar-refractivity contribution < 1.29 is 14.3 Å². The fourth-order valence-corrected chi connectivity index (χ4v) is 1.97. The third kappa shape index (κ3) is 3.07. The van der Waals surface area contributed by atoms with E-state index in [0.29, 0.717) is 13.0 Å². The van der Waals surface area contributed by atoms with E-state index in [2.05, 4.69) is 15.9 Å². The fourth-order valence-electron chi connectivity index (χ4n) is 1.70. The average molecular weight is 299 g/mol. The highest BCUT2D eigenvalue weighted by atomic mass is 79.9. The Morgan fingerprint density at radius 1 is 1.35 bits per heavy atom. The molecule has 1 fully saturated rings. The van der Waals surface area contributed by atoms with Crippen LogP contribution in [0, 0.1) is 0 Å². The summed E-state index contributed by atoms with van der Waals surface area (Å²) in [5.41, 5.74) is 0. The van der Waals surface area contributed by atoms with Gasteiger partial charge in [-0.2, -0.15) is 0 Å². The monoisotopic (exact) mass is 298 g/mol. The third-order valence-electron chi connectivity index (χ3n) is 2.66. The number of rotatable bonds is 5. The molecule has 0 bridgehead atoms. The quantitative estimate of drug-likeness (QED) is 0.838. The molecule has 0 N–H and O–H groups in total. The molecule has 2 rings (SSSR count). The van der Waals surface area contributed by atoms with E-state index in [0.717, 1.165) is 16.6 Å². The second kappa shape index (κ2) is 5.65.